The Balaban J connectivity index is 1.66. The monoisotopic (exact) mass is 1680 g/mol. The molecule has 0 saturated carbocycles. The number of hydrogen-bond donors (Lipinski definition) is 2. The molecule has 12 heteroatoms. The van der Waals surface area contributed by atoms with Crippen LogP contribution < -0.4 is 39.1 Å². The molecule has 0 bridgehead atoms. The maximum Gasteiger partial charge on any atom is 0.248 e. The van der Waals surface area contributed by atoms with Gasteiger partial charge in [-0.3, -0.25) is 19.6 Å². The highest BCUT2D eigenvalue weighted by molar-refractivity contribution is 6.03. The summed E-state index contributed by atoms with van der Waals surface area (Å²) in [4.78, 5) is 35.7. The third kappa shape index (κ3) is 53.1. The fourth-order valence-electron chi connectivity index (χ4n) is 15.9. The standard InChI is InChI=1S/C110H174N4O8/c1-7-13-19-25-31-37-43-49-55-61-83-117-103-89-96(68-70-98-92-108(122-88-66-60-54-48-42-36-30-24-18-12-6)100(72-74-110(116)114-102-77-81-112-82-78-102)94-106(98)120-86-64-58-52-46-40-34-28-22-16-10-4)104(118-84-62-56-50-44-38-32-26-20-14-8-2)90-95(103)67-69-97-91-107(121-87-65-59-53-47-41-35-29-23-17-11-5)99(71-73-109(115)113-101-75-79-111-80-76-101)93-105(97)119-85-63-57-51-45-39-33-27-21-15-9-3/h67-82,89-94H,7-66,83-88H2,1-6H3,(H,111,113,115)(H,112,114,116)/b69-67+,70-68+,73-71-,74-72+. The van der Waals surface area contributed by atoms with E-state index < -0.39 is 0 Å². The van der Waals surface area contributed by atoms with E-state index in [1.54, 1.807) is 61.2 Å². The predicted octanol–water partition coefficient (Wildman–Crippen LogP) is 33.9. The van der Waals surface area contributed by atoms with Crippen LogP contribution >= 0.6 is 0 Å². The average molecular weight is 1680 g/mol. The van der Waals surface area contributed by atoms with Gasteiger partial charge in [0.1, 0.15) is 34.5 Å². The van der Waals surface area contributed by atoms with E-state index in [1.165, 1.54) is 308 Å². The molecule has 0 radical (unpaired) electrons. The van der Waals surface area contributed by atoms with Crippen molar-refractivity contribution in [1.29, 1.82) is 0 Å². The Morgan fingerprint density at radius 3 is 0.533 bits per heavy atom. The maximum absolute atomic E-state index is 13.7. The molecule has 682 valence electrons. The van der Waals surface area contributed by atoms with Crippen molar-refractivity contribution in [2.75, 3.05) is 50.3 Å². The number of carbonyl (C=O) groups is 2. The summed E-state index contributed by atoms with van der Waals surface area (Å²) in [5.74, 6) is 3.94. The average Bonchev–Trinajstić information content (AvgIpc) is 0.812. The molecule has 122 heavy (non-hydrogen) atoms. The normalized spacial score (nSPS) is 11.7. The van der Waals surface area contributed by atoms with Crippen molar-refractivity contribution in [2.24, 2.45) is 0 Å². The van der Waals surface area contributed by atoms with Gasteiger partial charge in [0.15, 0.2) is 0 Å². The Labute approximate surface area is 745 Å². The van der Waals surface area contributed by atoms with Crippen LogP contribution in [0.3, 0.4) is 0 Å². The third-order valence-electron chi connectivity index (χ3n) is 23.6. The van der Waals surface area contributed by atoms with Gasteiger partial charge in [0.25, 0.3) is 0 Å². The fourth-order valence-corrected chi connectivity index (χ4v) is 15.9. The van der Waals surface area contributed by atoms with Crippen LogP contribution in [0.15, 0.2) is 97.6 Å². The summed E-state index contributed by atoms with van der Waals surface area (Å²) < 4.78 is 41.9. The van der Waals surface area contributed by atoms with Crippen molar-refractivity contribution in [3.63, 3.8) is 0 Å². The quantitative estimate of drug-likeness (QED) is 0.0220. The first kappa shape index (κ1) is 105. The number of hydrogen-bond acceptors (Lipinski definition) is 10. The molecule has 0 aliphatic heterocycles. The Morgan fingerprint density at radius 2 is 0.369 bits per heavy atom. The van der Waals surface area contributed by atoms with E-state index in [9.17, 15) is 9.59 Å². The fraction of sp³-hybridized carbons (Fsp3) is 0.655. The molecule has 0 saturated heterocycles. The molecule has 0 fully saturated rings. The van der Waals surface area contributed by atoms with E-state index in [0.29, 0.717) is 62.5 Å². The highest BCUT2D eigenvalue weighted by Crippen LogP contribution is 2.39. The van der Waals surface area contributed by atoms with E-state index in [-0.39, 0.29) is 11.8 Å². The number of carbonyl (C=O) groups excluding carboxylic acids is 2. The second kappa shape index (κ2) is 75.0. The number of ether oxygens (including phenoxy) is 6. The van der Waals surface area contributed by atoms with Crippen LogP contribution in [0.1, 0.15) is 460 Å². The number of nitrogens with zero attached hydrogens (tertiary/aromatic N) is 2. The summed E-state index contributed by atoms with van der Waals surface area (Å²) in [6, 6.07) is 20.0. The molecule has 12 nitrogen and oxygen atoms in total. The smallest absolute Gasteiger partial charge is 0.248 e. The highest BCUT2D eigenvalue weighted by atomic mass is 16.5. The Morgan fingerprint density at radius 1 is 0.221 bits per heavy atom. The van der Waals surface area contributed by atoms with E-state index in [4.69, 9.17) is 28.4 Å². The lowest BCUT2D eigenvalue weighted by Gasteiger charge is -2.17. The Hall–Kier alpha value is -7.34. The van der Waals surface area contributed by atoms with Crippen molar-refractivity contribution in [2.45, 2.75) is 427 Å². The van der Waals surface area contributed by atoms with Crippen LogP contribution in [0.2, 0.25) is 0 Å². The first-order chi connectivity index (χ1) is 60.3. The lowest BCUT2D eigenvalue weighted by Crippen LogP contribution is -2.08. The molecule has 2 aromatic heterocycles. The molecule has 0 aliphatic rings. The highest BCUT2D eigenvalue weighted by Gasteiger charge is 2.18. The zero-order chi connectivity index (χ0) is 86.5. The molecule has 5 rings (SSSR count). The second-order valence-electron chi connectivity index (χ2n) is 34.7. The number of rotatable bonds is 82. The van der Waals surface area contributed by atoms with E-state index >= 15 is 0 Å². The Bertz CT molecular complexity index is 3250. The van der Waals surface area contributed by atoms with Gasteiger partial charge in [0.05, 0.1) is 39.6 Å². The molecule has 3 aromatic carbocycles. The molecular weight excluding hydrogens is 1510 g/mol. The van der Waals surface area contributed by atoms with Gasteiger partial charge in [-0.25, -0.2) is 0 Å². The molecule has 5 aromatic rings. The van der Waals surface area contributed by atoms with Crippen LogP contribution in [0.25, 0.3) is 36.5 Å². The van der Waals surface area contributed by atoms with Crippen molar-refractivity contribution in [3.8, 4) is 34.5 Å². The summed E-state index contributed by atoms with van der Waals surface area (Å²) >= 11 is 0. The van der Waals surface area contributed by atoms with Gasteiger partial charge >= 0.3 is 0 Å². The van der Waals surface area contributed by atoms with Crippen molar-refractivity contribution >= 4 is 59.6 Å². The van der Waals surface area contributed by atoms with Crippen molar-refractivity contribution in [1.82, 2.24) is 9.97 Å². The van der Waals surface area contributed by atoms with Gasteiger partial charge < -0.3 is 39.1 Å². The van der Waals surface area contributed by atoms with Crippen LogP contribution in [0, 0.1) is 0 Å². The molecular formula is C110H174N4O8. The lowest BCUT2D eigenvalue weighted by molar-refractivity contribution is -0.112. The largest absolute Gasteiger partial charge is 0.493 e. The second-order valence-corrected chi connectivity index (χ2v) is 34.7. The predicted molar refractivity (Wildman–Crippen MR) is 525 cm³/mol. The molecule has 2 N–H and O–H groups in total. The van der Waals surface area contributed by atoms with Crippen LogP contribution in [-0.4, -0.2) is 61.4 Å². The number of anilines is 2. The van der Waals surface area contributed by atoms with Crippen molar-refractivity contribution < 1.29 is 38.0 Å². The number of nitrogens with one attached hydrogen (secondary N) is 2. The third-order valence-corrected chi connectivity index (χ3v) is 23.6. The number of aromatic nitrogens is 2. The van der Waals surface area contributed by atoms with Gasteiger partial charge in [0, 0.05) is 81.7 Å². The summed E-state index contributed by atoms with van der Waals surface area (Å²) in [6.45, 7) is 17.1. The summed E-state index contributed by atoms with van der Waals surface area (Å²) in [7, 11) is 0. The minimum absolute atomic E-state index is 0.239. The first-order valence-corrected chi connectivity index (χ1v) is 50.7. The summed E-state index contributed by atoms with van der Waals surface area (Å²) in [6.07, 6.45) is 96.4. The first-order valence-electron chi connectivity index (χ1n) is 50.7. The number of amides is 2. The van der Waals surface area contributed by atoms with E-state index in [1.807, 2.05) is 12.2 Å². The van der Waals surface area contributed by atoms with Gasteiger partial charge in [-0.15, -0.1) is 0 Å². The number of benzene rings is 3. The molecule has 0 spiro atoms. The summed E-state index contributed by atoms with van der Waals surface area (Å²) in [5.41, 5.74) is 6.51. The van der Waals surface area contributed by atoms with E-state index in [2.05, 4.69) is 123 Å². The van der Waals surface area contributed by atoms with Gasteiger partial charge in [0.2, 0.25) is 11.8 Å². The molecule has 2 heterocycles. The van der Waals surface area contributed by atoms with Gasteiger partial charge in [-0.1, -0.05) is 413 Å². The van der Waals surface area contributed by atoms with Crippen LogP contribution in [0.4, 0.5) is 11.4 Å². The van der Waals surface area contributed by atoms with Crippen LogP contribution in [-0.2, 0) is 9.59 Å². The van der Waals surface area contributed by atoms with Gasteiger partial charge in [-0.2, -0.15) is 0 Å². The topological polar surface area (TPSA) is 139 Å². The minimum atomic E-state index is -0.239. The SMILES string of the molecule is CCCCCCCCCCCCOc1cc(/C=C/c2cc(OCCCCCCCCCCCC)c(/C=C/c3cc(OCCCCCCCCCCCC)c(/C=C/C(=O)Nc4ccncc4)cc3OCCCCCCCCCCCC)cc2OCCCCCCCCCCCC)c(OCCCCCCCCCCCC)cc1/C=C\C(=O)Nc1ccncc1. The molecule has 0 aliphatic carbocycles. The number of unbranched alkanes of at least 4 members (excludes halogenated alkanes) is 54. The van der Waals surface area contributed by atoms with Crippen molar-refractivity contribution in [3.05, 3.63) is 131 Å². The van der Waals surface area contributed by atoms with Gasteiger partial charge in [-0.05, 0) is 111 Å². The maximum atomic E-state index is 13.7. The van der Waals surface area contributed by atoms with E-state index in [0.717, 1.165) is 133 Å². The minimum Gasteiger partial charge on any atom is -0.493 e. The molecule has 0 unspecified atom stereocenters. The molecule has 2 amide bonds. The lowest BCUT2D eigenvalue weighted by atomic mass is 10.0. The summed E-state index contributed by atoms with van der Waals surface area (Å²) in [5, 5.41) is 6.04. The van der Waals surface area contributed by atoms with Crippen LogP contribution in [0.5, 0.6) is 34.5 Å². The Kier molecular flexibility index (Phi) is 64.7. The number of pyridine rings is 2. The zero-order valence-corrected chi connectivity index (χ0v) is 78.5. The molecule has 0 atom stereocenters. The zero-order valence-electron chi connectivity index (χ0n) is 78.5.